The first-order valence-corrected chi connectivity index (χ1v) is 7.76. The van der Waals surface area contributed by atoms with E-state index in [-0.39, 0.29) is 5.91 Å². The van der Waals surface area contributed by atoms with Gasteiger partial charge in [0.2, 0.25) is 0 Å². The fraction of sp³-hybridized carbons (Fsp3) is 0.353. The van der Waals surface area contributed by atoms with E-state index in [0.29, 0.717) is 30.2 Å². The van der Waals surface area contributed by atoms with E-state index in [9.17, 15) is 4.79 Å². The highest BCUT2D eigenvalue weighted by Crippen LogP contribution is 2.31. The molecule has 7 nitrogen and oxygen atoms in total. The number of hydrogen-bond donors (Lipinski definition) is 0. The predicted molar refractivity (Wildman–Crippen MR) is 89.7 cm³/mol. The van der Waals surface area contributed by atoms with E-state index in [2.05, 4.69) is 14.9 Å². The molecule has 1 saturated heterocycles. The van der Waals surface area contributed by atoms with Gasteiger partial charge in [-0.25, -0.2) is 4.98 Å². The maximum Gasteiger partial charge on any atom is 0.257 e. The molecule has 2 aromatic rings. The summed E-state index contributed by atoms with van der Waals surface area (Å²) >= 11 is 0. The van der Waals surface area contributed by atoms with Crippen LogP contribution in [0.25, 0.3) is 0 Å². The van der Waals surface area contributed by atoms with Gasteiger partial charge in [0.05, 0.1) is 26.0 Å². The van der Waals surface area contributed by atoms with Crippen LogP contribution in [0.2, 0.25) is 0 Å². The second kappa shape index (κ2) is 7.16. The third-order valence-corrected chi connectivity index (χ3v) is 4.07. The first-order chi connectivity index (χ1) is 11.7. The zero-order valence-electron chi connectivity index (χ0n) is 13.8. The van der Waals surface area contributed by atoms with Gasteiger partial charge >= 0.3 is 0 Å². The van der Waals surface area contributed by atoms with Crippen LogP contribution in [-0.2, 0) is 0 Å². The molecule has 3 rings (SSSR count). The monoisotopic (exact) mass is 328 g/mol. The normalized spacial score (nSPS) is 14.4. The van der Waals surface area contributed by atoms with Gasteiger partial charge in [-0.2, -0.15) is 0 Å². The maximum absolute atomic E-state index is 12.8. The molecule has 7 heteroatoms. The summed E-state index contributed by atoms with van der Waals surface area (Å²) in [4.78, 5) is 25.2. The summed E-state index contributed by atoms with van der Waals surface area (Å²) in [5, 5.41) is 0. The minimum atomic E-state index is -0.0513. The van der Waals surface area contributed by atoms with Crippen LogP contribution in [0.15, 0.2) is 36.8 Å². The Labute approximate surface area is 140 Å². The molecule has 0 bridgehead atoms. The summed E-state index contributed by atoms with van der Waals surface area (Å²) < 4.78 is 10.6. The van der Waals surface area contributed by atoms with Crippen molar-refractivity contribution in [2.24, 2.45) is 0 Å². The molecule has 1 aromatic heterocycles. The van der Waals surface area contributed by atoms with Crippen molar-refractivity contribution in [1.82, 2.24) is 14.9 Å². The van der Waals surface area contributed by atoms with Gasteiger partial charge in [0.15, 0.2) is 11.5 Å². The minimum Gasteiger partial charge on any atom is -0.493 e. The molecule has 1 fully saturated rings. The fourth-order valence-corrected chi connectivity index (χ4v) is 2.82. The van der Waals surface area contributed by atoms with Crippen molar-refractivity contribution in [2.45, 2.75) is 0 Å². The topological polar surface area (TPSA) is 67.8 Å². The zero-order chi connectivity index (χ0) is 16.9. The quantitative estimate of drug-likeness (QED) is 0.846. The van der Waals surface area contributed by atoms with Crippen LogP contribution in [0.3, 0.4) is 0 Å². The number of carbonyl (C=O) groups is 1. The number of ether oxygens (including phenoxy) is 2. The van der Waals surface area contributed by atoms with Crippen molar-refractivity contribution >= 4 is 11.7 Å². The summed E-state index contributed by atoms with van der Waals surface area (Å²) in [7, 11) is 3.10. The van der Waals surface area contributed by atoms with Gasteiger partial charge in [-0.15, -0.1) is 0 Å². The van der Waals surface area contributed by atoms with Gasteiger partial charge in [-0.05, 0) is 12.1 Å². The van der Waals surface area contributed by atoms with Gasteiger partial charge in [-0.1, -0.05) is 6.07 Å². The molecule has 0 atom stereocenters. The van der Waals surface area contributed by atoms with Crippen LogP contribution < -0.4 is 14.4 Å². The number of piperazine rings is 1. The number of nitrogens with zero attached hydrogens (tertiary/aromatic N) is 4. The molecule has 126 valence electrons. The molecular formula is C17H20N4O3. The lowest BCUT2D eigenvalue weighted by molar-refractivity contribution is 0.0742. The van der Waals surface area contributed by atoms with E-state index in [4.69, 9.17) is 9.47 Å². The van der Waals surface area contributed by atoms with Gasteiger partial charge in [0, 0.05) is 38.6 Å². The number of rotatable bonds is 4. The molecule has 1 aliphatic heterocycles. The number of aromatic nitrogens is 2. The van der Waals surface area contributed by atoms with Crippen LogP contribution in [-0.4, -0.2) is 61.2 Å². The molecular weight excluding hydrogens is 308 g/mol. The smallest absolute Gasteiger partial charge is 0.257 e. The van der Waals surface area contributed by atoms with Crippen LogP contribution in [0.4, 0.5) is 5.82 Å². The van der Waals surface area contributed by atoms with Crippen LogP contribution >= 0.6 is 0 Å². The van der Waals surface area contributed by atoms with Crippen molar-refractivity contribution < 1.29 is 14.3 Å². The second-order valence-corrected chi connectivity index (χ2v) is 5.38. The molecule has 24 heavy (non-hydrogen) atoms. The number of amides is 1. The highest BCUT2D eigenvalue weighted by Gasteiger charge is 2.26. The van der Waals surface area contributed by atoms with Gasteiger partial charge < -0.3 is 19.3 Å². The molecule has 1 aliphatic rings. The Kier molecular flexibility index (Phi) is 4.79. The maximum atomic E-state index is 12.8. The first kappa shape index (κ1) is 16.0. The molecule has 0 radical (unpaired) electrons. The Morgan fingerprint density at radius 1 is 1.08 bits per heavy atom. The number of methoxy groups -OCH3 is 2. The van der Waals surface area contributed by atoms with Crippen molar-refractivity contribution in [1.29, 1.82) is 0 Å². The van der Waals surface area contributed by atoms with Gasteiger partial charge in [-0.3, -0.25) is 9.78 Å². The Morgan fingerprint density at radius 3 is 2.50 bits per heavy atom. The van der Waals surface area contributed by atoms with E-state index in [1.54, 1.807) is 51.0 Å². The highest BCUT2D eigenvalue weighted by atomic mass is 16.5. The third kappa shape index (κ3) is 3.10. The number of carbonyl (C=O) groups excluding carboxylic acids is 1. The van der Waals surface area contributed by atoms with Gasteiger partial charge in [0.25, 0.3) is 5.91 Å². The first-order valence-electron chi connectivity index (χ1n) is 7.76. The average Bonchev–Trinajstić information content (AvgIpc) is 2.67. The van der Waals surface area contributed by atoms with E-state index < -0.39 is 0 Å². The van der Waals surface area contributed by atoms with E-state index in [1.165, 1.54) is 0 Å². The summed E-state index contributed by atoms with van der Waals surface area (Å²) in [5.74, 6) is 1.82. The van der Waals surface area contributed by atoms with Gasteiger partial charge in [0.1, 0.15) is 5.82 Å². The zero-order valence-corrected chi connectivity index (χ0v) is 13.8. The van der Waals surface area contributed by atoms with Crippen LogP contribution in [0.5, 0.6) is 11.5 Å². The largest absolute Gasteiger partial charge is 0.493 e. The summed E-state index contributed by atoms with van der Waals surface area (Å²) in [6.45, 7) is 2.68. The Hall–Kier alpha value is -2.83. The number of hydrogen-bond acceptors (Lipinski definition) is 6. The Morgan fingerprint density at radius 2 is 1.88 bits per heavy atom. The highest BCUT2D eigenvalue weighted by molar-refractivity contribution is 5.98. The van der Waals surface area contributed by atoms with Crippen molar-refractivity contribution in [2.75, 3.05) is 45.3 Å². The SMILES string of the molecule is COc1cccc(C(=O)N2CCN(c3cnccn3)CC2)c1OC. The van der Waals surface area contributed by atoms with Crippen molar-refractivity contribution in [3.8, 4) is 11.5 Å². The lowest BCUT2D eigenvalue weighted by Crippen LogP contribution is -2.49. The molecule has 0 aliphatic carbocycles. The van der Waals surface area contributed by atoms with Crippen molar-refractivity contribution in [3.63, 3.8) is 0 Å². The summed E-state index contributed by atoms with van der Waals surface area (Å²) in [6.07, 6.45) is 5.06. The number of benzene rings is 1. The summed E-state index contributed by atoms with van der Waals surface area (Å²) in [6, 6.07) is 5.34. The third-order valence-electron chi connectivity index (χ3n) is 4.07. The van der Waals surface area contributed by atoms with E-state index in [0.717, 1.165) is 18.9 Å². The van der Waals surface area contributed by atoms with Crippen LogP contribution in [0.1, 0.15) is 10.4 Å². The molecule has 0 saturated carbocycles. The molecule has 1 aromatic carbocycles. The predicted octanol–water partition coefficient (Wildman–Crippen LogP) is 1.46. The lowest BCUT2D eigenvalue weighted by atomic mass is 10.1. The molecule has 1 amide bonds. The molecule has 2 heterocycles. The second-order valence-electron chi connectivity index (χ2n) is 5.38. The molecule has 0 N–H and O–H groups in total. The van der Waals surface area contributed by atoms with Crippen molar-refractivity contribution in [3.05, 3.63) is 42.4 Å². The minimum absolute atomic E-state index is 0.0513. The lowest BCUT2D eigenvalue weighted by Gasteiger charge is -2.35. The fourth-order valence-electron chi connectivity index (χ4n) is 2.82. The molecule has 0 unspecified atom stereocenters. The Balaban J connectivity index is 1.72. The number of anilines is 1. The Bertz CT molecular complexity index is 700. The number of para-hydroxylation sites is 1. The standard InChI is InChI=1S/C17H20N4O3/c1-23-14-5-3-4-13(16(14)24-2)17(22)21-10-8-20(9-11-21)15-12-18-6-7-19-15/h3-7,12H,8-11H2,1-2H3. The molecule has 0 spiro atoms. The van der Waals surface area contributed by atoms with E-state index in [1.807, 2.05) is 4.90 Å². The summed E-state index contributed by atoms with van der Waals surface area (Å²) in [5.41, 5.74) is 0.518. The van der Waals surface area contributed by atoms with Crippen LogP contribution in [0, 0.1) is 0 Å². The van der Waals surface area contributed by atoms with E-state index >= 15 is 0 Å². The average molecular weight is 328 g/mol.